The van der Waals surface area contributed by atoms with E-state index in [0.29, 0.717) is 36.4 Å². The number of ether oxygens (including phenoxy) is 3. The molecule has 0 aliphatic carbocycles. The zero-order valence-electron chi connectivity index (χ0n) is 19.1. The van der Waals surface area contributed by atoms with Gasteiger partial charge < -0.3 is 24.4 Å². The van der Waals surface area contributed by atoms with Gasteiger partial charge in [0.05, 0.1) is 18.3 Å². The Bertz CT molecular complexity index is 1190. The van der Waals surface area contributed by atoms with Gasteiger partial charge in [-0.25, -0.2) is 4.98 Å². The van der Waals surface area contributed by atoms with Gasteiger partial charge in [-0.2, -0.15) is 13.2 Å². The molecule has 2 aromatic rings. The lowest BCUT2D eigenvalue weighted by molar-refractivity contribution is -0.189. The highest BCUT2D eigenvalue weighted by Crippen LogP contribution is 2.39. The van der Waals surface area contributed by atoms with E-state index in [4.69, 9.17) is 14.2 Å². The first kappa shape index (κ1) is 23.3. The first-order valence-electron chi connectivity index (χ1n) is 11.4. The summed E-state index contributed by atoms with van der Waals surface area (Å²) in [5.41, 5.74) is 2.18. The molecule has 3 atom stereocenters. The van der Waals surface area contributed by atoms with Crippen molar-refractivity contribution < 1.29 is 37.0 Å². The maximum Gasteiger partial charge on any atom is 0.425 e. The molecule has 3 aliphatic heterocycles. The summed E-state index contributed by atoms with van der Waals surface area (Å²) in [6, 6.07) is 4.37. The molecule has 1 saturated heterocycles. The summed E-state index contributed by atoms with van der Waals surface area (Å²) in [5.74, 6) is -0.173. The Morgan fingerprint density at radius 2 is 2.03 bits per heavy atom. The van der Waals surface area contributed by atoms with Gasteiger partial charge in [0.15, 0.2) is 6.10 Å². The van der Waals surface area contributed by atoms with Crippen LogP contribution in [0.3, 0.4) is 0 Å². The maximum absolute atomic E-state index is 13.5. The zero-order valence-corrected chi connectivity index (χ0v) is 19.1. The smallest absolute Gasteiger partial charge is 0.425 e. The molecule has 1 N–H and O–H groups in total. The number of aryl methyl sites for hydroxylation is 2. The molecule has 5 rings (SSSR count). The van der Waals surface area contributed by atoms with Gasteiger partial charge in [0.2, 0.25) is 11.8 Å². The van der Waals surface area contributed by atoms with E-state index in [-0.39, 0.29) is 42.2 Å². The highest BCUT2D eigenvalue weighted by Gasteiger charge is 2.43. The number of carbonyl (C=O) groups excluding carboxylic acids is 2. The highest BCUT2D eigenvalue weighted by molar-refractivity contribution is 6.00. The van der Waals surface area contributed by atoms with Crippen LogP contribution in [0.25, 0.3) is 0 Å². The van der Waals surface area contributed by atoms with Crippen LogP contribution in [0, 0.1) is 6.92 Å². The van der Waals surface area contributed by atoms with Gasteiger partial charge in [-0.05, 0) is 43.5 Å². The second kappa shape index (κ2) is 8.62. The summed E-state index contributed by atoms with van der Waals surface area (Å²) in [6.07, 6.45) is -3.94. The Labute approximate surface area is 199 Å². The van der Waals surface area contributed by atoms with Crippen LogP contribution in [-0.2, 0) is 11.2 Å². The number of hydrogen-bond acceptors (Lipinski definition) is 6. The second-order valence-corrected chi connectivity index (χ2v) is 9.06. The number of hydrogen-bond donors (Lipinski definition) is 1. The molecule has 11 heteroatoms. The molecule has 186 valence electrons. The van der Waals surface area contributed by atoms with E-state index in [0.717, 1.165) is 12.5 Å². The van der Waals surface area contributed by atoms with Crippen molar-refractivity contribution in [1.82, 2.24) is 9.88 Å². The van der Waals surface area contributed by atoms with Crippen LogP contribution in [0.2, 0.25) is 0 Å². The largest absolute Gasteiger partial charge is 0.490 e. The van der Waals surface area contributed by atoms with Crippen LogP contribution in [0.15, 0.2) is 24.4 Å². The fourth-order valence-electron chi connectivity index (χ4n) is 4.57. The summed E-state index contributed by atoms with van der Waals surface area (Å²) < 4.78 is 56.5. The minimum atomic E-state index is -4.58. The first-order chi connectivity index (χ1) is 16.6. The topological polar surface area (TPSA) is 90.0 Å². The van der Waals surface area contributed by atoms with Gasteiger partial charge in [0.1, 0.15) is 29.8 Å². The lowest BCUT2D eigenvalue weighted by atomic mass is 10.1. The minimum absolute atomic E-state index is 0.0236. The third kappa shape index (κ3) is 4.59. The minimum Gasteiger partial charge on any atom is -0.490 e. The summed E-state index contributed by atoms with van der Waals surface area (Å²) >= 11 is 0. The third-order valence-corrected chi connectivity index (χ3v) is 6.40. The molecule has 0 radical (unpaired) electrons. The van der Waals surface area contributed by atoms with Crippen molar-refractivity contribution in [1.29, 1.82) is 0 Å². The molecular weight excluding hydrogens is 467 g/mol. The quantitative estimate of drug-likeness (QED) is 0.702. The van der Waals surface area contributed by atoms with Crippen molar-refractivity contribution in [2.45, 2.75) is 57.5 Å². The molecule has 3 aliphatic rings. The summed E-state index contributed by atoms with van der Waals surface area (Å²) in [5, 5.41) is 2.80. The highest BCUT2D eigenvalue weighted by atomic mass is 19.4. The fraction of sp³-hybridized carbons (Fsp3) is 0.458. The lowest BCUT2D eigenvalue weighted by Crippen LogP contribution is -2.38. The van der Waals surface area contributed by atoms with Crippen molar-refractivity contribution in [3.63, 3.8) is 0 Å². The first-order valence-corrected chi connectivity index (χ1v) is 11.4. The van der Waals surface area contributed by atoms with Crippen LogP contribution in [-0.4, -0.2) is 59.3 Å². The molecule has 1 fully saturated rings. The van der Waals surface area contributed by atoms with Crippen molar-refractivity contribution in [3.8, 4) is 17.4 Å². The normalized spacial score (nSPS) is 22.3. The van der Waals surface area contributed by atoms with Gasteiger partial charge in [-0.1, -0.05) is 0 Å². The molecule has 0 unspecified atom stereocenters. The molecule has 4 heterocycles. The molecular formula is C24H24F3N3O5. The van der Waals surface area contributed by atoms with Crippen LogP contribution in [0.1, 0.15) is 41.3 Å². The van der Waals surface area contributed by atoms with Crippen molar-refractivity contribution in [2.24, 2.45) is 0 Å². The predicted octanol–water partition coefficient (Wildman–Crippen LogP) is 3.66. The molecule has 2 amide bonds. The monoisotopic (exact) mass is 491 g/mol. The fourth-order valence-corrected chi connectivity index (χ4v) is 4.57. The lowest BCUT2D eigenvalue weighted by Gasteiger charge is -2.23. The van der Waals surface area contributed by atoms with Gasteiger partial charge >= 0.3 is 6.18 Å². The van der Waals surface area contributed by atoms with Gasteiger partial charge in [-0.3, -0.25) is 9.59 Å². The molecule has 35 heavy (non-hydrogen) atoms. The van der Waals surface area contributed by atoms with Gasteiger partial charge in [0, 0.05) is 25.1 Å². The molecule has 0 saturated carbocycles. The molecule has 0 spiro atoms. The van der Waals surface area contributed by atoms with Gasteiger partial charge in [0.25, 0.3) is 5.91 Å². The van der Waals surface area contributed by atoms with Crippen molar-refractivity contribution >= 4 is 17.5 Å². The number of alkyl halides is 3. The predicted molar refractivity (Wildman–Crippen MR) is 118 cm³/mol. The van der Waals surface area contributed by atoms with Crippen LogP contribution in [0.5, 0.6) is 17.4 Å². The average molecular weight is 491 g/mol. The summed E-state index contributed by atoms with van der Waals surface area (Å²) in [7, 11) is 0. The second-order valence-electron chi connectivity index (χ2n) is 9.06. The number of anilines is 1. The molecule has 1 aromatic heterocycles. The zero-order chi connectivity index (χ0) is 24.9. The number of nitrogens with one attached hydrogen (secondary N) is 1. The number of amides is 2. The van der Waals surface area contributed by atoms with Crippen molar-refractivity contribution in [3.05, 3.63) is 41.1 Å². The third-order valence-electron chi connectivity index (χ3n) is 6.40. The molecule has 0 bridgehead atoms. The summed E-state index contributed by atoms with van der Waals surface area (Å²) in [6.45, 7) is 2.97. The maximum atomic E-state index is 13.5. The number of fused-ring (bicyclic) bond motifs is 3. The van der Waals surface area contributed by atoms with E-state index < -0.39 is 24.3 Å². The number of rotatable bonds is 4. The standard InChI is InChI=1S/C24H24F3N3O5/c1-12-5-18-22(19(6-12)34-13(2)24(25,26)27)23(32)30-10-16(7-15(30)11-33-18)35-21-8-17-14(9-28-21)3-4-20(31)29-17/h5-6,8-9,13,15-16H,3-4,7,10-11H2,1-2H3,(H,29,31)/t13-,15+,16-/m0/s1. The van der Waals surface area contributed by atoms with E-state index in [1.54, 1.807) is 30.2 Å². The Hall–Kier alpha value is -3.50. The Morgan fingerprint density at radius 3 is 2.80 bits per heavy atom. The Balaban J connectivity index is 1.36. The molecule has 8 nitrogen and oxygen atoms in total. The number of nitrogens with zero attached hydrogens (tertiary/aromatic N) is 2. The Morgan fingerprint density at radius 1 is 1.23 bits per heavy atom. The summed E-state index contributed by atoms with van der Waals surface area (Å²) in [4.78, 5) is 31.0. The van der Waals surface area contributed by atoms with E-state index >= 15 is 0 Å². The number of pyridine rings is 1. The van der Waals surface area contributed by atoms with E-state index in [2.05, 4.69) is 10.3 Å². The van der Waals surface area contributed by atoms with E-state index in [1.165, 1.54) is 6.07 Å². The Kier molecular flexibility index (Phi) is 5.72. The van der Waals surface area contributed by atoms with Gasteiger partial charge in [-0.15, -0.1) is 0 Å². The number of carbonyl (C=O) groups is 2. The molecule has 1 aromatic carbocycles. The van der Waals surface area contributed by atoms with Crippen LogP contribution >= 0.6 is 0 Å². The average Bonchev–Trinajstić information content (AvgIpc) is 3.13. The number of benzene rings is 1. The number of halogens is 3. The van der Waals surface area contributed by atoms with E-state index in [1.807, 2.05) is 0 Å². The van der Waals surface area contributed by atoms with Crippen molar-refractivity contribution in [2.75, 3.05) is 18.5 Å². The van der Waals surface area contributed by atoms with Crippen LogP contribution in [0.4, 0.5) is 18.9 Å². The van der Waals surface area contributed by atoms with E-state index in [9.17, 15) is 22.8 Å². The SMILES string of the molecule is Cc1cc2c(c(O[C@@H](C)C(F)(F)F)c1)C(=O)N1C[C@@H](Oc3cc4c(cn3)CCC(=O)N4)C[C@@H]1CO2. The van der Waals surface area contributed by atoms with Crippen LogP contribution < -0.4 is 19.5 Å². The number of aromatic nitrogens is 1.